The number of hydrogen-bond donors (Lipinski definition) is 1. The Morgan fingerprint density at radius 3 is 2.17 bits per heavy atom. The Bertz CT molecular complexity index is 934. The smallest absolute Gasteiger partial charge is 0.305 e. The molecular weight excluding hydrogens is 366 g/mol. The lowest BCUT2D eigenvalue weighted by molar-refractivity contribution is -0.135. The third kappa shape index (κ3) is 2.98. The number of alkyl halides is 6. The van der Waals surface area contributed by atoms with Gasteiger partial charge < -0.3 is 4.98 Å². The van der Waals surface area contributed by atoms with Crippen LogP contribution in [0.5, 0.6) is 0 Å². The van der Waals surface area contributed by atoms with E-state index in [0.717, 1.165) is 12.1 Å². The van der Waals surface area contributed by atoms with Crippen LogP contribution in [0, 0.1) is 0 Å². The van der Waals surface area contributed by atoms with Crippen LogP contribution in [-0.4, -0.2) is 9.97 Å². The molecule has 122 valence electrons. The van der Waals surface area contributed by atoms with Gasteiger partial charge in [0.05, 0.1) is 10.3 Å². The molecule has 3 rings (SSSR count). The Morgan fingerprint density at radius 1 is 0.957 bits per heavy atom. The summed E-state index contributed by atoms with van der Waals surface area (Å²) >= 11 is 0.613. The summed E-state index contributed by atoms with van der Waals surface area (Å²) in [7, 11) is 0. The lowest BCUT2D eigenvalue weighted by atomic mass is 10.3. The first kappa shape index (κ1) is 16.0. The molecule has 0 bridgehead atoms. The van der Waals surface area contributed by atoms with E-state index in [1.807, 2.05) is 0 Å². The summed E-state index contributed by atoms with van der Waals surface area (Å²) in [6.07, 6.45) is -9.16. The minimum atomic E-state index is -4.62. The molecule has 0 amide bonds. The van der Waals surface area contributed by atoms with Gasteiger partial charge in [-0.25, -0.2) is 4.98 Å². The van der Waals surface area contributed by atoms with E-state index in [2.05, 4.69) is 9.97 Å². The van der Waals surface area contributed by atoms with Crippen molar-refractivity contribution in [2.45, 2.75) is 12.4 Å². The number of rotatable bonds is 1. The third-order valence-corrected chi connectivity index (χ3v) is 5.01. The van der Waals surface area contributed by atoms with Crippen LogP contribution in [-0.2, 0) is 12.4 Å². The number of hydrogen-bond acceptors (Lipinski definition) is 4. The molecule has 0 saturated heterocycles. The molecule has 0 aliphatic carbocycles. The van der Waals surface area contributed by atoms with Crippen molar-refractivity contribution in [3.8, 4) is 10.7 Å². The fraction of sp³-hybridized carbons (Fsp3) is 0.167. The maximum absolute atomic E-state index is 12.7. The molecule has 0 unspecified atom stereocenters. The van der Waals surface area contributed by atoms with Gasteiger partial charge in [0.25, 0.3) is 5.56 Å². The Kier molecular flexibility index (Phi) is 3.52. The SMILES string of the molecule is O=c1[nH]c(-c2ccc(C(F)(F)F)s2)nc2sc(C(F)(F)F)cc12. The Hall–Kier alpha value is -1.88. The van der Waals surface area contributed by atoms with E-state index in [9.17, 15) is 31.1 Å². The summed E-state index contributed by atoms with van der Waals surface area (Å²) in [4.78, 5) is 15.8. The van der Waals surface area contributed by atoms with Crippen molar-refractivity contribution < 1.29 is 26.3 Å². The molecule has 3 heterocycles. The summed E-state index contributed by atoms with van der Waals surface area (Å²) in [5.41, 5.74) is -0.835. The van der Waals surface area contributed by atoms with Gasteiger partial charge in [-0.3, -0.25) is 4.79 Å². The Labute approximate surface area is 131 Å². The van der Waals surface area contributed by atoms with E-state index >= 15 is 0 Å². The minimum absolute atomic E-state index is 0.0123. The molecular formula is C12H4F6N2OS2. The number of H-pyrrole nitrogens is 1. The van der Waals surface area contributed by atoms with E-state index in [4.69, 9.17) is 0 Å². The van der Waals surface area contributed by atoms with Crippen molar-refractivity contribution in [3.05, 3.63) is 38.3 Å². The number of fused-ring (bicyclic) bond motifs is 1. The number of aromatic amines is 1. The highest BCUT2D eigenvalue weighted by atomic mass is 32.1. The largest absolute Gasteiger partial charge is 0.425 e. The van der Waals surface area contributed by atoms with Gasteiger partial charge in [-0.05, 0) is 18.2 Å². The molecule has 0 aliphatic rings. The van der Waals surface area contributed by atoms with Gasteiger partial charge >= 0.3 is 12.4 Å². The van der Waals surface area contributed by atoms with Crippen LogP contribution in [0.25, 0.3) is 20.9 Å². The first-order valence-electron chi connectivity index (χ1n) is 5.84. The Balaban J connectivity index is 2.13. The predicted molar refractivity (Wildman–Crippen MR) is 73.6 cm³/mol. The highest BCUT2D eigenvalue weighted by Gasteiger charge is 2.34. The normalized spacial score (nSPS) is 13.0. The highest BCUT2D eigenvalue weighted by Crippen LogP contribution is 2.39. The molecule has 0 aliphatic heterocycles. The van der Waals surface area contributed by atoms with Crippen molar-refractivity contribution in [1.82, 2.24) is 9.97 Å². The molecule has 11 heteroatoms. The third-order valence-electron chi connectivity index (χ3n) is 2.80. The summed E-state index contributed by atoms with van der Waals surface area (Å²) in [5, 5.41) is -0.251. The number of halogens is 6. The average molecular weight is 370 g/mol. The molecule has 1 N–H and O–H groups in total. The maximum Gasteiger partial charge on any atom is 0.425 e. The second-order valence-electron chi connectivity index (χ2n) is 4.40. The average Bonchev–Trinajstić information content (AvgIpc) is 3.04. The van der Waals surface area contributed by atoms with Crippen LogP contribution in [0.2, 0.25) is 0 Å². The lowest BCUT2D eigenvalue weighted by Crippen LogP contribution is -2.07. The molecule has 0 fully saturated rings. The van der Waals surface area contributed by atoms with Crippen molar-refractivity contribution in [1.29, 1.82) is 0 Å². The molecule has 0 atom stereocenters. The van der Waals surface area contributed by atoms with Crippen LogP contribution < -0.4 is 5.56 Å². The van der Waals surface area contributed by atoms with Gasteiger partial charge in [-0.15, -0.1) is 22.7 Å². The molecule has 0 spiro atoms. The summed E-state index contributed by atoms with van der Waals surface area (Å²) < 4.78 is 75.7. The van der Waals surface area contributed by atoms with Gasteiger partial charge in [0.15, 0.2) is 5.82 Å². The molecule has 0 radical (unpaired) electrons. The van der Waals surface area contributed by atoms with Crippen molar-refractivity contribution in [3.63, 3.8) is 0 Å². The van der Waals surface area contributed by atoms with E-state index in [-0.39, 0.29) is 32.3 Å². The van der Waals surface area contributed by atoms with Crippen molar-refractivity contribution >= 4 is 32.9 Å². The van der Waals surface area contributed by atoms with Crippen LogP contribution in [0.15, 0.2) is 23.0 Å². The number of aromatic nitrogens is 2. The van der Waals surface area contributed by atoms with E-state index in [1.165, 1.54) is 0 Å². The van der Waals surface area contributed by atoms with Gasteiger partial charge in [0, 0.05) is 0 Å². The monoisotopic (exact) mass is 370 g/mol. The van der Waals surface area contributed by atoms with E-state index < -0.39 is 27.7 Å². The number of nitrogens with one attached hydrogen (secondary N) is 1. The summed E-state index contributed by atoms with van der Waals surface area (Å²) in [5.74, 6) is -0.196. The molecule has 23 heavy (non-hydrogen) atoms. The van der Waals surface area contributed by atoms with Gasteiger partial charge in [0.1, 0.15) is 14.6 Å². The Morgan fingerprint density at radius 2 is 1.61 bits per heavy atom. The molecule has 3 aromatic rings. The van der Waals surface area contributed by atoms with Crippen LogP contribution in [0.3, 0.4) is 0 Å². The van der Waals surface area contributed by atoms with E-state index in [0.29, 0.717) is 17.4 Å². The van der Waals surface area contributed by atoms with Crippen molar-refractivity contribution in [2.75, 3.05) is 0 Å². The molecule has 0 aromatic carbocycles. The second kappa shape index (κ2) is 5.06. The molecule has 3 nitrogen and oxygen atoms in total. The van der Waals surface area contributed by atoms with Crippen LogP contribution >= 0.6 is 22.7 Å². The standard InChI is InChI=1S/C12H4F6N2OS2/c13-11(14,15)6-2-1-5(22-6)8-19-9(21)4-3-7(12(16,17)18)23-10(4)20-8/h1-3H,(H,19,20,21). The topological polar surface area (TPSA) is 45.8 Å². The van der Waals surface area contributed by atoms with Crippen LogP contribution in [0.4, 0.5) is 26.3 Å². The van der Waals surface area contributed by atoms with Crippen LogP contribution in [0.1, 0.15) is 9.75 Å². The second-order valence-corrected chi connectivity index (χ2v) is 6.52. The quantitative estimate of drug-likeness (QED) is 0.629. The first-order valence-corrected chi connectivity index (χ1v) is 7.47. The molecule has 0 saturated carbocycles. The summed E-state index contributed by atoms with van der Waals surface area (Å²) in [6, 6.07) is 2.60. The number of thiophene rings is 2. The van der Waals surface area contributed by atoms with Crippen molar-refractivity contribution in [2.24, 2.45) is 0 Å². The predicted octanol–water partition coefficient (Wildman–Crippen LogP) is 4.75. The minimum Gasteiger partial charge on any atom is -0.305 e. The highest BCUT2D eigenvalue weighted by molar-refractivity contribution is 7.18. The maximum atomic E-state index is 12.7. The zero-order valence-electron chi connectivity index (χ0n) is 10.7. The first-order chi connectivity index (χ1) is 10.6. The lowest BCUT2D eigenvalue weighted by Gasteiger charge is -2.01. The fourth-order valence-electron chi connectivity index (χ4n) is 1.81. The summed E-state index contributed by atoms with van der Waals surface area (Å²) in [6.45, 7) is 0. The zero-order chi connectivity index (χ0) is 17.0. The van der Waals surface area contributed by atoms with Gasteiger partial charge in [0.2, 0.25) is 0 Å². The van der Waals surface area contributed by atoms with Gasteiger partial charge in [-0.1, -0.05) is 0 Å². The fourth-order valence-corrected chi connectivity index (χ4v) is 3.52. The molecule has 3 aromatic heterocycles. The van der Waals surface area contributed by atoms with Gasteiger partial charge in [-0.2, -0.15) is 26.3 Å². The van der Waals surface area contributed by atoms with E-state index in [1.54, 1.807) is 0 Å². The zero-order valence-corrected chi connectivity index (χ0v) is 12.3. The number of nitrogens with zero attached hydrogens (tertiary/aromatic N) is 1.